The first-order valence-electron chi connectivity index (χ1n) is 5.77. The molecule has 4 N–H and O–H groups in total. The first-order valence-corrected chi connectivity index (χ1v) is 5.77. The van der Waals surface area contributed by atoms with Crippen LogP contribution in [0.15, 0.2) is 42.6 Å². The van der Waals surface area contributed by atoms with Gasteiger partial charge in [0.15, 0.2) is 5.82 Å². The average molecular weight is 258 g/mol. The van der Waals surface area contributed by atoms with Crippen molar-refractivity contribution in [1.82, 2.24) is 10.2 Å². The lowest BCUT2D eigenvalue weighted by Crippen LogP contribution is -2.37. The summed E-state index contributed by atoms with van der Waals surface area (Å²) in [6.07, 6.45) is 1.90. The number of aromatic nitrogens is 2. The van der Waals surface area contributed by atoms with E-state index in [1.807, 2.05) is 0 Å². The lowest BCUT2D eigenvalue weighted by Gasteiger charge is -2.11. The van der Waals surface area contributed by atoms with Crippen molar-refractivity contribution in [3.05, 3.63) is 48.2 Å². The summed E-state index contributed by atoms with van der Waals surface area (Å²) in [7, 11) is 0. The van der Waals surface area contributed by atoms with E-state index in [4.69, 9.17) is 10.8 Å². The van der Waals surface area contributed by atoms with Crippen LogP contribution in [0, 0.1) is 0 Å². The fourth-order valence-corrected chi connectivity index (χ4v) is 1.57. The number of aromatic hydroxyl groups is 1. The molecule has 6 nitrogen and oxygen atoms in total. The van der Waals surface area contributed by atoms with Gasteiger partial charge >= 0.3 is 0 Å². The van der Waals surface area contributed by atoms with Crippen molar-refractivity contribution < 1.29 is 9.90 Å². The Morgan fingerprint density at radius 2 is 2.05 bits per heavy atom. The van der Waals surface area contributed by atoms with Crippen molar-refractivity contribution >= 4 is 11.7 Å². The Labute approximate surface area is 110 Å². The molecular formula is C13H14N4O2. The standard InChI is InChI=1S/C13H14N4O2/c14-11(8-9-3-5-10(18)6-4-9)13(19)16-12-2-1-7-15-17-12/h1-7,11,18H,8,14H2,(H,16,17,19)/t11-/m0/s1. The van der Waals surface area contributed by atoms with Crippen molar-refractivity contribution in [3.8, 4) is 5.75 Å². The number of phenols is 1. The predicted octanol–water partition coefficient (Wildman–Crippen LogP) is 0.691. The van der Waals surface area contributed by atoms with Crippen LogP contribution in [0.25, 0.3) is 0 Å². The summed E-state index contributed by atoms with van der Waals surface area (Å²) >= 11 is 0. The summed E-state index contributed by atoms with van der Waals surface area (Å²) in [5, 5.41) is 19.2. The molecule has 1 aromatic heterocycles. The molecule has 0 saturated heterocycles. The Morgan fingerprint density at radius 1 is 1.32 bits per heavy atom. The SMILES string of the molecule is N[C@@H](Cc1ccc(O)cc1)C(=O)Nc1cccnn1. The maximum Gasteiger partial charge on any atom is 0.242 e. The number of hydrogen-bond acceptors (Lipinski definition) is 5. The van der Waals surface area contributed by atoms with Crippen LogP contribution < -0.4 is 11.1 Å². The molecule has 0 saturated carbocycles. The molecule has 0 bridgehead atoms. The van der Waals surface area contributed by atoms with Crippen LogP contribution in [0.1, 0.15) is 5.56 Å². The highest BCUT2D eigenvalue weighted by molar-refractivity contribution is 5.93. The highest BCUT2D eigenvalue weighted by Gasteiger charge is 2.14. The largest absolute Gasteiger partial charge is 0.508 e. The predicted molar refractivity (Wildman–Crippen MR) is 70.4 cm³/mol. The van der Waals surface area contributed by atoms with Crippen LogP contribution in [0.3, 0.4) is 0 Å². The Kier molecular flexibility index (Phi) is 4.04. The van der Waals surface area contributed by atoms with Crippen molar-refractivity contribution in [1.29, 1.82) is 0 Å². The molecule has 0 radical (unpaired) electrons. The molecule has 0 aliphatic rings. The monoisotopic (exact) mass is 258 g/mol. The Bertz CT molecular complexity index is 542. The number of carbonyl (C=O) groups is 1. The zero-order valence-corrected chi connectivity index (χ0v) is 10.2. The van der Waals surface area contributed by atoms with E-state index in [2.05, 4.69) is 15.5 Å². The molecule has 0 aliphatic heterocycles. The second-order valence-corrected chi connectivity index (χ2v) is 4.08. The van der Waals surface area contributed by atoms with Crippen LogP contribution in [-0.4, -0.2) is 27.3 Å². The molecule has 1 amide bonds. The van der Waals surface area contributed by atoms with Crippen molar-refractivity contribution in [2.24, 2.45) is 5.73 Å². The van der Waals surface area contributed by atoms with Crippen LogP contribution >= 0.6 is 0 Å². The van der Waals surface area contributed by atoms with Crippen LogP contribution in [-0.2, 0) is 11.2 Å². The molecule has 0 fully saturated rings. The van der Waals surface area contributed by atoms with E-state index in [0.29, 0.717) is 12.2 Å². The molecule has 6 heteroatoms. The number of amides is 1. The van der Waals surface area contributed by atoms with Gasteiger partial charge in [-0.2, -0.15) is 5.10 Å². The van der Waals surface area contributed by atoms with Gasteiger partial charge in [0, 0.05) is 6.20 Å². The van der Waals surface area contributed by atoms with Gasteiger partial charge in [-0.1, -0.05) is 12.1 Å². The van der Waals surface area contributed by atoms with Gasteiger partial charge in [0.25, 0.3) is 0 Å². The number of nitrogens with one attached hydrogen (secondary N) is 1. The fraction of sp³-hybridized carbons (Fsp3) is 0.154. The molecule has 1 heterocycles. The zero-order valence-electron chi connectivity index (χ0n) is 10.2. The first kappa shape index (κ1) is 13.0. The van der Waals surface area contributed by atoms with Crippen molar-refractivity contribution in [3.63, 3.8) is 0 Å². The van der Waals surface area contributed by atoms with E-state index < -0.39 is 6.04 Å². The van der Waals surface area contributed by atoms with Gasteiger partial charge in [-0.25, -0.2) is 0 Å². The number of anilines is 1. The average Bonchev–Trinajstić information content (AvgIpc) is 2.42. The van der Waals surface area contributed by atoms with Gasteiger partial charge in [0.05, 0.1) is 6.04 Å². The third kappa shape index (κ3) is 3.75. The Hall–Kier alpha value is -2.47. The number of rotatable bonds is 4. The fourth-order valence-electron chi connectivity index (χ4n) is 1.57. The summed E-state index contributed by atoms with van der Waals surface area (Å²) in [5.41, 5.74) is 6.69. The number of benzene rings is 1. The highest BCUT2D eigenvalue weighted by Crippen LogP contribution is 2.11. The second-order valence-electron chi connectivity index (χ2n) is 4.08. The summed E-state index contributed by atoms with van der Waals surface area (Å²) in [6.45, 7) is 0. The molecule has 19 heavy (non-hydrogen) atoms. The molecule has 0 spiro atoms. The summed E-state index contributed by atoms with van der Waals surface area (Å²) in [6, 6.07) is 9.19. The Morgan fingerprint density at radius 3 is 2.68 bits per heavy atom. The maximum atomic E-state index is 11.8. The topological polar surface area (TPSA) is 101 Å². The van der Waals surface area contributed by atoms with Gasteiger partial charge in [0.2, 0.25) is 5.91 Å². The minimum atomic E-state index is -0.688. The summed E-state index contributed by atoms with van der Waals surface area (Å²) in [5.74, 6) is 0.226. The lowest BCUT2D eigenvalue weighted by atomic mass is 10.1. The minimum Gasteiger partial charge on any atom is -0.508 e. The van der Waals surface area contributed by atoms with Gasteiger partial charge in [0.1, 0.15) is 5.75 Å². The third-order valence-corrected chi connectivity index (χ3v) is 2.55. The molecule has 1 aromatic carbocycles. The minimum absolute atomic E-state index is 0.182. The number of phenolic OH excluding ortho intramolecular Hbond substituents is 1. The van der Waals surface area contributed by atoms with Gasteiger partial charge in [-0.3, -0.25) is 4.79 Å². The Balaban J connectivity index is 1.94. The summed E-state index contributed by atoms with van der Waals surface area (Å²) < 4.78 is 0. The van der Waals surface area contributed by atoms with Gasteiger partial charge in [-0.15, -0.1) is 5.10 Å². The molecule has 2 aromatic rings. The molecule has 0 unspecified atom stereocenters. The van der Waals surface area contributed by atoms with Gasteiger partial charge < -0.3 is 16.2 Å². The van der Waals surface area contributed by atoms with E-state index in [0.717, 1.165) is 5.56 Å². The van der Waals surface area contributed by atoms with E-state index in [-0.39, 0.29) is 11.7 Å². The zero-order chi connectivity index (χ0) is 13.7. The normalized spacial score (nSPS) is 11.8. The van der Waals surface area contributed by atoms with Crippen molar-refractivity contribution in [2.45, 2.75) is 12.5 Å². The van der Waals surface area contributed by atoms with E-state index >= 15 is 0 Å². The number of hydrogen-bond donors (Lipinski definition) is 3. The molecule has 2 rings (SSSR count). The van der Waals surface area contributed by atoms with Crippen LogP contribution in [0.2, 0.25) is 0 Å². The maximum absolute atomic E-state index is 11.8. The van der Waals surface area contributed by atoms with Crippen LogP contribution in [0.5, 0.6) is 5.75 Å². The van der Waals surface area contributed by atoms with E-state index in [1.54, 1.807) is 36.4 Å². The molecule has 98 valence electrons. The summed E-state index contributed by atoms with van der Waals surface area (Å²) in [4.78, 5) is 11.8. The second kappa shape index (κ2) is 5.92. The quantitative estimate of drug-likeness (QED) is 0.749. The van der Waals surface area contributed by atoms with E-state index in [9.17, 15) is 4.79 Å². The first-order chi connectivity index (χ1) is 9.15. The lowest BCUT2D eigenvalue weighted by molar-refractivity contribution is -0.117. The molecular weight excluding hydrogens is 244 g/mol. The third-order valence-electron chi connectivity index (χ3n) is 2.55. The highest BCUT2D eigenvalue weighted by atomic mass is 16.3. The number of nitrogens with two attached hydrogens (primary N) is 1. The number of nitrogens with zero attached hydrogens (tertiary/aromatic N) is 2. The molecule has 0 aliphatic carbocycles. The van der Waals surface area contributed by atoms with E-state index in [1.165, 1.54) is 6.20 Å². The molecule has 1 atom stereocenters. The smallest absolute Gasteiger partial charge is 0.242 e. The number of carbonyl (C=O) groups excluding carboxylic acids is 1. The van der Waals surface area contributed by atoms with Gasteiger partial charge in [-0.05, 0) is 36.2 Å². The van der Waals surface area contributed by atoms with Crippen molar-refractivity contribution in [2.75, 3.05) is 5.32 Å². The van der Waals surface area contributed by atoms with Crippen LogP contribution in [0.4, 0.5) is 5.82 Å².